The maximum Gasteiger partial charge on any atom is 0.410 e. The second-order valence-corrected chi connectivity index (χ2v) is 30.4. The Hall–Kier alpha value is -10.6. The zero-order valence-corrected chi connectivity index (χ0v) is 62.3. The molecule has 17 rings (SSSR count). The van der Waals surface area contributed by atoms with Gasteiger partial charge >= 0.3 is 6.09 Å². The first-order valence-corrected chi connectivity index (χ1v) is 37.7. The van der Waals surface area contributed by atoms with Gasteiger partial charge in [-0.25, -0.2) is 4.79 Å². The Labute approximate surface area is 622 Å². The molecule has 2 saturated heterocycles. The van der Waals surface area contributed by atoms with E-state index in [0.717, 1.165) is 157 Å². The quantitative estimate of drug-likeness (QED) is 0.155. The largest absolute Gasteiger partial charge is 0.445 e. The molecule has 1 saturated carbocycles. The summed E-state index contributed by atoms with van der Waals surface area (Å²) >= 11 is 0. The van der Waals surface area contributed by atoms with E-state index in [-0.39, 0.29) is 36.2 Å². The number of hydrogen-bond donors (Lipinski definition) is 2. The predicted octanol–water partition coefficient (Wildman–Crippen LogP) is 13.7. The number of hydrogen-bond acceptors (Lipinski definition) is 10. The predicted molar refractivity (Wildman–Crippen MR) is 415 cm³/mol. The van der Waals surface area contributed by atoms with E-state index in [0.29, 0.717) is 62.6 Å². The zero-order chi connectivity index (χ0) is 73.8. The van der Waals surface area contributed by atoms with Crippen LogP contribution in [-0.2, 0) is 112 Å². The number of carbonyl (C=O) groups excluding carboxylic acids is 5. The number of nitrogens with one attached hydrogen (secondary N) is 1. The number of ether oxygens (including phenoxy) is 1. The van der Waals surface area contributed by atoms with Gasteiger partial charge in [0.1, 0.15) is 12.6 Å². The van der Waals surface area contributed by atoms with Crippen LogP contribution in [0, 0.1) is 24.2 Å². The van der Waals surface area contributed by atoms with Gasteiger partial charge in [-0.3, -0.25) is 33.4 Å². The summed E-state index contributed by atoms with van der Waals surface area (Å²) in [5.74, 6) is 0.861. The van der Waals surface area contributed by atoms with E-state index < -0.39 is 12.1 Å². The van der Waals surface area contributed by atoms with Crippen LogP contribution in [0.3, 0.4) is 0 Å². The van der Waals surface area contributed by atoms with E-state index in [9.17, 15) is 24.0 Å². The lowest BCUT2D eigenvalue weighted by atomic mass is 9.73. The normalized spacial score (nSPS) is 17.1. The van der Waals surface area contributed by atoms with E-state index in [2.05, 4.69) is 137 Å². The molecule has 3 N–H and O–H groups in total. The monoisotopic (exact) mass is 1420 g/mol. The maximum atomic E-state index is 13.8. The number of likely N-dealkylation sites (tertiary alicyclic amines) is 1. The highest BCUT2D eigenvalue weighted by Gasteiger charge is 2.41. The molecule has 3 fully saturated rings. The third-order valence-corrected chi connectivity index (χ3v) is 23.0. The average molecular weight is 1420 g/mol. The van der Waals surface area contributed by atoms with E-state index in [1.54, 1.807) is 4.90 Å². The van der Waals surface area contributed by atoms with Crippen LogP contribution in [0.2, 0.25) is 0 Å². The first kappa shape index (κ1) is 72.3. The molecule has 548 valence electrons. The number of aromatic nitrogens is 6. The van der Waals surface area contributed by atoms with E-state index in [4.69, 9.17) is 10.5 Å². The molecule has 10 aromatic rings. The first-order chi connectivity index (χ1) is 51.4. The smallest absolute Gasteiger partial charge is 0.410 e. The highest BCUT2D eigenvalue weighted by Crippen LogP contribution is 2.42. The Morgan fingerprint density at radius 2 is 0.943 bits per heavy atom. The van der Waals surface area contributed by atoms with Crippen LogP contribution in [-0.4, -0.2) is 89.0 Å². The number of carbonyl (C=O) groups is 5. The summed E-state index contributed by atoms with van der Waals surface area (Å²) < 4.78 is 13.7. The summed E-state index contributed by atoms with van der Waals surface area (Å²) in [6, 6.07) is 52.0. The summed E-state index contributed by atoms with van der Waals surface area (Å²) in [4.78, 5) is 75.9. The van der Waals surface area contributed by atoms with Crippen LogP contribution in [0.15, 0.2) is 183 Å². The lowest BCUT2D eigenvalue weighted by Crippen LogP contribution is -2.48. The summed E-state index contributed by atoms with van der Waals surface area (Å²) in [6.45, 7) is 12.1. The van der Waals surface area contributed by atoms with Crippen LogP contribution < -0.4 is 30.7 Å². The lowest BCUT2D eigenvalue weighted by molar-refractivity contribution is -0.124. The van der Waals surface area contributed by atoms with Gasteiger partial charge in [-0.15, -0.1) is 0 Å². The van der Waals surface area contributed by atoms with Crippen LogP contribution in [0.5, 0.6) is 0 Å². The number of nitrogens with two attached hydrogens (primary N) is 1. The minimum atomic E-state index is -0.524. The molecule has 4 aromatic heterocycles. The zero-order valence-electron chi connectivity index (χ0n) is 62.3. The number of anilines is 4. The molecule has 1 aliphatic carbocycles. The van der Waals surface area contributed by atoms with Crippen molar-refractivity contribution < 1.29 is 28.7 Å². The SMILES string of the molecule is Cc1cc(C(=O)N2Cc3cnn(C)c3Cc3ccccc32)ccc1CN.Cn1ccc2c1Cc1ccccc1N(C(=O)C1CCC(C)(C)CC1)C2.Cn1ccc2c1Cc1ccccc1N(C(=O)C1CCNCC1)C2.Cn1ncc2c1Cc1ccccc1N(C(=O)C1CCCN1C(=O)OCc1ccccc1)C2. The number of aryl methyl sites for hydroxylation is 5. The van der Waals surface area contributed by atoms with Gasteiger partial charge in [0.05, 0.1) is 38.6 Å². The molecule has 1 unspecified atom stereocenters. The number of nitrogens with zero attached hydrogens (tertiary/aromatic N) is 11. The topological polar surface area (TPSA) is 194 Å². The third kappa shape index (κ3) is 15.4. The molecule has 10 heterocycles. The van der Waals surface area contributed by atoms with E-state index in [1.165, 1.54) is 33.6 Å². The third-order valence-electron chi connectivity index (χ3n) is 23.0. The number of piperidine rings is 1. The van der Waals surface area contributed by atoms with Crippen molar-refractivity contribution in [3.63, 3.8) is 0 Å². The molecule has 1 atom stereocenters. The van der Waals surface area contributed by atoms with Gasteiger partial charge in [-0.05, 0) is 175 Å². The number of fused-ring (bicyclic) bond motifs is 8. The highest BCUT2D eigenvalue weighted by molar-refractivity contribution is 6.07. The van der Waals surface area contributed by atoms with Crippen LogP contribution in [0.4, 0.5) is 27.5 Å². The van der Waals surface area contributed by atoms with Gasteiger partial charge in [0.2, 0.25) is 17.7 Å². The van der Waals surface area contributed by atoms with Crippen LogP contribution >= 0.6 is 0 Å². The Bertz CT molecular complexity index is 4850. The van der Waals surface area contributed by atoms with Gasteiger partial charge < -0.3 is 44.5 Å². The van der Waals surface area contributed by atoms with Crippen LogP contribution in [0.1, 0.15) is 160 Å². The van der Waals surface area contributed by atoms with Crippen molar-refractivity contribution in [2.45, 2.75) is 143 Å². The molecule has 7 aliphatic rings. The van der Waals surface area contributed by atoms with Crippen molar-refractivity contribution in [2.75, 3.05) is 39.2 Å². The summed E-state index contributed by atoms with van der Waals surface area (Å²) in [5.41, 5.74) is 28.2. The van der Waals surface area contributed by atoms with Crippen molar-refractivity contribution in [1.29, 1.82) is 0 Å². The second kappa shape index (κ2) is 31.6. The van der Waals surface area contributed by atoms with Gasteiger partial charge in [-0.1, -0.05) is 123 Å². The molecular weight excluding hydrogens is 1320 g/mol. The molecule has 0 bridgehead atoms. The highest BCUT2D eigenvalue weighted by atomic mass is 16.6. The van der Waals surface area contributed by atoms with E-state index in [1.807, 2.05) is 148 Å². The van der Waals surface area contributed by atoms with Gasteiger partial charge in [-0.2, -0.15) is 10.2 Å². The fraction of sp³-hybridized carbons (Fsp3) is 0.368. The average Bonchev–Trinajstić information content (AvgIpc) is 1.63. The number of rotatable bonds is 7. The maximum absolute atomic E-state index is 13.8. The molecular formula is C87H99N13O6. The van der Waals surface area contributed by atoms with E-state index >= 15 is 0 Å². The molecule has 19 heteroatoms. The first-order valence-electron chi connectivity index (χ1n) is 37.7. The Morgan fingerprint density at radius 1 is 0.500 bits per heavy atom. The van der Waals surface area contributed by atoms with Crippen molar-refractivity contribution in [1.82, 2.24) is 38.9 Å². The summed E-state index contributed by atoms with van der Waals surface area (Å²) in [6.07, 6.45) is 18.4. The van der Waals surface area contributed by atoms with Crippen molar-refractivity contribution >= 4 is 52.5 Å². The summed E-state index contributed by atoms with van der Waals surface area (Å²) in [5, 5.41) is 12.1. The Morgan fingerprint density at radius 3 is 1.44 bits per heavy atom. The molecule has 0 radical (unpaired) electrons. The van der Waals surface area contributed by atoms with Crippen molar-refractivity contribution in [3.05, 3.63) is 272 Å². The fourth-order valence-corrected chi connectivity index (χ4v) is 16.5. The molecule has 6 aromatic carbocycles. The minimum Gasteiger partial charge on any atom is -0.445 e. The molecule has 19 nitrogen and oxygen atoms in total. The Balaban J connectivity index is 0.000000120. The van der Waals surface area contributed by atoms with Crippen molar-refractivity contribution in [3.8, 4) is 0 Å². The number of amides is 5. The summed E-state index contributed by atoms with van der Waals surface area (Å²) in [7, 11) is 8.07. The molecule has 6 aliphatic heterocycles. The number of benzene rings is 6. The van der Waals surface area contributed by atoms with Gasteiger partial charge in [0.25, 0.3) is 5.91 Å². The standard InChI is InChI=1S/C25H26N4O3.C22H28N2O.C21H22N4O.C19H23N3O/c1-27-23-14-19-10-5-6-11-21(19)29(16-20(23)15-26-27)24(30)22-12-7-13-28(22)25(31)32-17-18-8-3-2-4-9-18;1-22(2)11-8-16(9-12-22)21(25)24-15-18-10-13-23(3)20(18)14-17-6-4-5-7-19(17)24;1-14-9-16(7-8-17(14)11-22)21(26)25-13-18-12-23-24(2)20(18)10-15-5-3-4-6-19(15)25;1-21-11-8-16-13-22(19(23)14-6-9-20-10-7-14)17-5-3-2-4-15(17)12-18(16)21/h2-6,8-11,15,22H,7,12-14,16-17H2,1H3;4-7,10,13,16H,8-9,11-12,14-15H2,1-3H3;3-9,12H,10-11,13,22H2,1-2H3;2-5,8,11,14,20H,6-7,9-10,12-13H2,1H3. The lowest BCUT2D eigenvalue weighted by Gasteiger charge is -2.36. The molecule has 0 spiro atoms. The second-order valence-electron chi connectivity index (χ2n) is 30.4. The number of para-hydroxylation sites is 4. The van der Waals surface area contributed by atoms with Crippen LogP contribution in [0.25, 0.3) is 0 Å². The molecule has 106 heavy (non-hydrogen) atoms. The fourth-order valence-electron chi connectivity index (χ4n) is 16.5. The molecule has 5 amide bonds. The minimum absolute atomic E-state index is 0.000763. The Kier molecular flexibility index (Phi) is 21.6. The van der Waals surface area contributed by atoms with Gasteiger partial charge in [0.15, 0.2) is 0 Å². The van der Waals surface area contributed by atoms with Gasteiger partial charge in [0, 0.05) is 153 Å². The van der Waals surface area contributed by atoms with Crippen molar-refractivity contribution in [2.24, 2.45) is 51.2 Å².